The summed E-state index contributed by atoms with van der Waals surface area (Å²) in [6, 6.07) is 4.69. The van der Waals surface area contributed by atoms with E-state index in [0.29, 0.717) is 30.3 Å². The van der Waals surface area contributed by atoms with E-state index >= 15 is 4.39 Å². The third-order valence-corrected chi connectivity index (χ3v) is 8.51. The van der Waals surface area contributed by atoms with Crippen molar-refractivity contribution in [1.82, 2.24) is 24.0 Å². The van der Waals surface area contributed by atoms with E-state index in [9.17, 15) is 8.42 Å². The summed E-state index contributed by atoms with van der Waals surface area (Å²) in [7, 11) is -2.23. The molecular formula is C21H25FN6O3S2. The molecule has 2 aromatic heterocycles. The zero-order chi connectivity index (χ0) is 23.2. The fourth-order valence-electron chi connectivity index (χ4n) is 4.84. The molecule has 0 bridgehead atoms. The number of aromatic nitrogens is 4. The van der Waals surface area contributed by atoms with Gasteiger partial charge < -0.3 is 4.74 Å². The van der Waals surface area contributed by atoms with Crippen LogP contribution < -0.4 is 9.46 Å². The number of hydrogen-bond donors (Lipinski definition) is 1. The maximum Gasteiger partial charge on any atom is 0.266 e. The molecule has 1 aromatic carbocycles. The fourth-order valence-corrected chi connectivity index (χ4v) is 6.58. The average Bonchev–Trinajstić information content (AvgIpc) is 3.44. The van der Waals surface area contributed by atoms with Gasteiger partial charge in [0.25, 0.3) is 10.0 Å². The van der Waals surface area contributed by atoms with Crippen molar-refractivity contribution in [3.8, 4) is 5.75 Å². The molecule has 12 heteroatoms. The molecule has 2 aliphatic heterocycles. The largest absolute Gasteiger partial charge is 0.493 e. The van der Waals surface area contributed by atoms with Crippen molar-refractivity contribution in [2.75, 3.05) is 17.9 Å². The van der Waals surface area contributed by atoms with Gasteiger partial charge in [-0.25, -0.2) is 17.8 Å². The predicted molar refractivity (Wildman–Crippen MR) is 121 cm³/mol. The second kappa shape index (κ2) is 8.65. The number of hydrogen-bond acceptors (Lipinski definition) is 8. The number of fused-ring (bicyclic) bond motifs is 1. The summed E-state index contributed by atoms with van der Waals surface area (Å²) >= 11 is 0.880. The van der Waals surface area contributed by atoms with Crippen LogP contribution in [0.5, 0.6) is 5.75 Å². The Morgan fingerprint density at radius 3 is 2.85 bits per heavy atom. The van der Waals surface area contributed by atoms with Crippen LogP contribution in [0.4, 0.5) is 9.52 Å². The minimum absolute atomic E-state index is 0.0763. The van der Waals surface area contributed by atoms with Crippen LogP contribution in [0.3, 0.4) is 0 Å². The van der Waals surface area contributed by atoms with Crippen LogP contribution in [0.15, 0.2) is 35.6 Å². The smallest absolute Gasteiger partial charge is 0.266 e. The van der Waals surface area contributed by atoms with Gasteiger partial charge in [-0.15, -0.1) is 0 Å². The van der Waals surface area contributed by atoms with Gasteiger partial charge in [0.05, 0.1) is 18.3 Å². The van der Waals surface area contributed by atoms with Crippen molar-refractivity contribution in [3.63, 3.8) is 0 Å². The highest BCUT2D eigenvalue weighted by Crippen LogP contribution is 2.45. The highest BCUT2D eigenvalue weighted by Gasteiger charge is 2.38. The Hall–Kier alpha value is -2.57. The first-order valence-electron chi connectivity index (χ1n) is 10.8. The highest BCUT2D eigenvalue weighted by molar-refractivity contribution is 7.93. The maximum absolute atomic E-state index is 15.2. The van der Waals surface area contributed by atoms with Crippen LogP contribution in [-0.4, -0.2) is 45.6 Å². The molecule has 0 spiro atoms. The lowest BCUT2D eigenvalue weighted by Crippen LogP contribution is -2.41. The molecule has 0 radical (unpaired) electrons. The van der Waals surface area contributed by atoms with Crippen LogP contribution in [0, 0.1) is 11.7 Å². The van der Waals surface area contributed by atoms with Crippen LogP contribution in [0.1, 0.15) is 49.5 Å². The molecule has 3 aromatic rings. The molecule has 33 heavy (non-hydrogen) atoms. The number of aryl methyl sites for hydroxylation is 1. The number of halogens is 1. The van der Waals surface area contributed by atoms with Crippen molar-refractivity contribution in [2.24, 2.45) is 13.0 Å². The number of nitrogens with zero attached hydrogens (tertiary/aromatic N) is 5. The Morgan fingerprint density at radius 1 is 1.27 bits per heavy atom. The molecule has 3 atom stereocenters. The van der Waals surface area contributed by atoms with Crippen molar-refractivity contribution < 1.29 is 17.5 Å². The van der Waals surface area contributed by atoms with Gasteiger partial charge in [-0.05, 0) is 37.4 Å². The van der Waals surface area contributed by atoms with E-state index in [1.165, 1.54) is 18.5 Å². The summed E-state index contributed by atoms with van der Waals surface area (Å²) in [6.45, 7) is 3.54. The SMILES string of the molecule is C[C@@H]1CCN([C@@H]2CCOc3cc(S(=O)(=O)Nc4ncns4)c(F)cc32)[C@H](c2ccnn2C)C1. The topological polar surface area (TPSA) is 102 Å². The third-order valence-electron chi connectivity index (χ3n) is 6.45. The van der Waals surface area contributed by atoms with Crippen LogP contribution in [0.25, 0.3) is 0 Å². The summed E-state index contributed by atoms with van der Waals surface area (Å²) in [5.41, 5.74) is 1.80. The van der Waals surface area contributed by atoms with Crippen molar-refractivity contribution in [3.05, 3.63) is 47.8 Å². The maximum atomic E-state index is 15.2. The van der Waals surface area contributed by atoms with E-state index in [1.807, 2.05) is 17.8 Å². The number of piperidine rings is 1. The number of anilines is 1. The lowest BCUT2D eigenvalue weighted by atomic mass is 9.87. The number of rotatable bonds is 5. The van der Waals surface area contributed by atoms with Crippen LogP contribution in [0.2, 0.25) is 0 Å². The summed E-state index contributed by atoms with van der Waals surface area (Å²) in [5.74, 6) is 0.146. The van der Waals surface area contributed by atoms with E-state index in [2.05, 4.69) is 31.0 Å². The molecule has 1 N–H and O–H groups in total. The minimum Gasteiger partial charge on any atom is -0.493 e. The Bertz CT molecular complexity index is 1250. The van der Waals surface area contributed by atoms with E-state index in [0.717, 1.165) is 36.6 Å². The lowest BCUT2D eigenvalue weighted by Gasteiger charge is -2.45. The van der Waals surface area contributed by atoms with E-state index < -0.39 is 20.7 Å². The molecular weight excluding hydrogens is 467 g/mol. The first-order valence-corrected chi connectivity index (χ1v) is 13.1. The number of nitrogens with one attached hydrogen (secondary N) is 1. The second-order valence-electron chi connectivity index (χ2n) is 8.59. The van der Waals surface area contributed by atoms with Gasteiger partial charge in [0.1, 0.15) is 22.8 Å². The van der Waals surface area contributed by atoms with Crippen molar-refractivity contribution in [2.45, 2.75) is 43.2 Å². The molecule has 0 aliphatic carbocycles. The van der Waals surface area contributed by atoms with Gasteiger partial charge >= 0.3 is 0 Å². The fraction of sp³-hybridized carbons (Fsp3) is 0.476. The number of benzene rings is 1. The Labute approximate surface area is 195 Å². The average molecular weight is 493 g/mol. The number of ether oxygens (including phenoxy) is 1. The standard InChI is InChI=1S/C21H25FN6O3S2/c1-13-4-7-28(18(9-13)17-3-6-24-27(17)2)16-5-8-31-19-11-20(15(22)10-14(16)19)33(29,30)26-21-23-12-25-32-21/h3,6,10-13,16,18H,4-5,7-9H2,1-2H3,(H,23,25,26)/t13-,16-,18+/m1/s1. The molecule has 9 nitrogen and oxygen atoms in total. The van der Waals surface area contributed by atoms with Gasteiger partial charge in [-0.2, -0.15) is 9.47 Å². The predicted octanol–water partition coefficient (Wildman–Crippen LogP) is 3.51. The summed E-state index contributed by atoms with van der Waals surface area (Å²) in [5, 5.41) is 4.42. The zero-order valence-corrected chi connectivity index (χ0v) is 19.9. The van der Waals surface area contributed by atoms with Gasteiger partial charge in [-0.3, -0.25) is 14.3 Å². The lowest BCUT2D eigenvalue weighted by molar-refractivity contribution is 0.0448. The molecule has 5 rings (SSSR count). The van der Waals surface area contributed by atoms with E-state index in [-0.39, 0.29) is 17.2 Å². The first kappa shape index (κ1) is 22.2. The molecule has 0 amide bonds. The van der Waals surface area contributed by atoms with Gasteiger partial charge in [0, 0.05) is 48.9 Å². The molecule has 4 heterocycles. The molecule has 0 unspecified atom stereocenters. The third kappa shape index (κ3) is 4.22. The van der Waals surface area contributed by atoms with Crippen LogP contribution in [-0.2, 0) is 17.1 Å². The second-order valence-corrected chi connectivity index (χ2v) is 11.0. The Kier molecular flexibility index (Phi) is 5.83. The number of likely N-dealkylation sites (tertiary alicyclic amines) is 1. The molecule has 1 fully saturated rings. The highest BCUT2D eigenvalue weighted by atomic mass is 32.2. The van der Waals surface area contributed by atoms with Gasteiger partial charge in [0.15, 0.2) is 0 Å². The van der Waals surface area contributed by atoms with E-state index in [1.54, 1.807) is 6.20 Å². The Balaban J connectivity index is 1.50. The number of sulfonamides is 1. The van der Waals surface area contributed by atoms with Crippen molar-refractivity contribution in [1.29, 1.82) is 0 Å². The minimum atomic E-state index is -4.17. The molecule has 1 saturated heterocycles. The zero-order valence-electron chi connectivity index (χ0n) is 18.3. The van der Waals surface area contributed by atoms with Gasteiger partial charge in [0.2, 0.25) is 5.13 Å². The molecule has 176 valence electrons. The monoisotopic (exact) mass is 492 g/mol. The van der Waals surface area contributed by atoms with Gasteiger partial charge in [-0.1, -0.05) is 6.92 Å². The first-order chi connectivity index (χ1) is 15.8. The normalized spacial score (nSPS) is 23.7. The van der Waals surface area contributed by atoms with E-state index in [4.69, 9.17) is 4.74 Å². The quantitative estimate of drug-likeness (QED) is 0.581. The Morgan fingerprint density at radius 2 is 2.12 bits per heavy atom. The summed E-state index contributed by atoms with van der Waals surface area (Å²) in [4.78, 5) is 5.74. The van der Waals surface area contributed by atoms with Crippen molar-refractivity contribution >= 4 is 26.7 Å². The summed E-state index contributed by atoms with van der Waals surface area (Å²) in [6.07, 6.45) is 5.75. The summed E-state index contributed by atoms with van der Waals surface area (Å²) < 4.78 is 54.5. The molecule has 0 saturated carbocycles. The van der Waals surface area contributed by atoms with Crippen LogP contribution >= 0.6 is 11.5 Å². The molecule has 2 aliphatic rings.